The van der Waals surface area contributed by atoms with E-state index in [1.165, 1.54) is 0 Å². The second-order valence-electron chi connectivity index (χ2n) is 5.02. The third-order valence-corrected chi connectivity index (χ3v) is 3.50. The highest BCUT2D eigenvalue weighted by Crippen LogP contribution is 2.26. The second-order valence-corrected chi connectivity index (χ2v) is 5.02. The summed E-state index contributed by atoms with van der Waals surface area (Å²) in [5, 5.41) is 0. The number of aromatic nitrogens is 1. The predicted molar refractivity (Wildman–Crippen MR) is 80.8 cm³/mol. The van der Waals surface area contributed by atoms with Crippen LogP contribution in [0.1, 0.15) is 21.6 Å². The fourth-order valence-electron chi connectivity index (χ4n) is 2.41. The number of halogens is 2. The maximum Gasteiger partial charge on any atom is 0.151 e. The standard InChI is InChI=1S/C18H13F2NO/c19-14-6-7-16(20)15(10-14)18-9-13(11-22)17(21-18)8-12-4-2-1-3-5-12/h1-7,9-11,21H,8H2. The molecular weight excluding hydrogens is 284 g/mol. The number of nitrogens with one attached hydrogen (secondary N) is 1. The molecule has 0 saturated heterocycles. The van der Waals surface area contributed by atoms with Gasteiger partial charge in [0.15, 0.2) is 6.29 Å². The number of hydrogen-bond acceptors (Lipinski definition) is 1. The molecule has 110 valence electrons. The van der Waals surface area contributed by atoms with Crippen LogP contribution in [0.5, 0.6) is 0 Å². The van der Waals surface area contributed by atoms with E-state index in [9.17, 15) is 13.6 Å². The third kappa shape index (κ3) is 2.81. The Balaban J connectivity index is 2.01. The minimum Gasteiger partial charge on any atom is -0.357 e. The molecule has 2 aromatic carbocycles. The molecule has 0 bridgehead atoms. The molecule has 4 heteroatoms. The monoisotopic (exact) mass is 297 g/mol. The van der Waals surface area contributed by atoms with Crippen molar-refractivity contribution in [3.63, 3.8) is 0 Å². The molecule has 0 fully saturated rings. The maximum absolute atomic E-state index is 13.9. The number of H-pyrrole nitrogens is 1. The van der Waals surface area contributed by atoms with Crippen LogP contribution in [-0.4, -0.2) is 11.3 Å². The van der Waals surface area contributed by atoms with Crippen LogP contribution in [0, 0.1) is 11.6 Å². The van der Waals surface area contributed by atoms with Crippen molar-refractivity contribution in [2.45, 2.75) is 6.42 Å². The molecule has 0 aliphatic carbocycles. The summed E-state index contributed by atoms with van der Waals surface area (Å²) in [5.41, 5.74) is 2.66. The zero-order valence-corrected chi connectivity index (χ0v) is 11.6. The summed E-state index contributed by atoms with van der Waals surface area (Å²) in [4.78, 5) is 14.3. The highest BCUT2D eigenvalue weighted by molar-refractivity contribution is 5.81. The molecule has 1 aromatic heterocycles. The smallest absolute Gasteiger partial charge is 0.151 e. The molecule has 3 aromatic rings. The maximum atomic E-state index is 13.9. The first-order valence-electron chi connectivity index (χ1n) is 6.84. The Kier molecular flexibility index (Phi) is 3.83. The van der Waals surface area contributed by atoms with Gasteiger partial charge in [0.1, 0.15) is 11.6 Å². The molecule has 1 heterocycles. The SMILES string of the molecule is O=Cc1cc(-c2cc(F)ccc2F)[nH]c1Cc1ccccc1. The summed E-state index contributed by atoms with van der Waals surface area (Å²) in [6, 6.07) is 14.4. The van der Waals surface area contributed by atoms with Gasteiger partial charge in [0, 0.05) is 28.9 Å². The summed E-state index contributed by atoms with van der Waals surface area (Å²) in [5.74, 6) is -1.06. The number of carbonyl (C=O) groups is 1. The lowest BCUT2D eigenvalue weighted by molar-refractivity contribution is 0.112. The Morgan fingerprint density at radius 2 is 1.77 bits per heavy atom. The van der Waals surface area contributed by atoms with E-state index in [4.69, 9.17) is 0 Å². The fourth-order valence-corrected chi connectivity index (χ4v) is 2.41. The number of aldehydes is 1. The Bertz CT molecular complexity index is 809. The van der Waals surface area contributed by atoms with Crippen LogP contribution in [0.4, 0.5) is 8.78 Å². The van der Waals surface area contributed by atoms with E-state index in [1.54, 1.807) is 6.07 Å². The quantitative estimate of drug-likeness (QED) is 0.713. The van der Waals surface area contributed by atoms with Crippen molar-refractivity contribution < 1.29 is 13.6 Å². The summed E-state index contributed by atoms with van der Waals surface area (Å²) >= 11 is 0. The van der Waals surface area contributed by atoms with Gasteiger partial charge in [-0.15, -0.1) is 0 Å². The topological polar surface area (TPSA) is 32.9 Å². The molecule has 0 spiro atoms. The Morgan fingerprint density at radius 1 is 1.00 bits per heavy atom. The lowest BCUT2D eigenvalue weighted by Crippen LogP contribution is -1.93. The molecule has 0 unspecified atom stereocenters. The summed E-state index contributed by atoms with van der Waals surface area (Å²) in [6.07, 6.45) is 1.24. The zero-order valence-electron chi connectivity index (χ0n) is 11.6. The van der Waals surface area contributed by atoms with Crippen molar-refractivity contribution in [2.75, 3.05) is 0 Å². The average molecular weight is 297 g/mol. The number of carbonyl (C=O) groups excluding carboxylic acids is 1. The van der Waals surface area contributed by atoms with Crippen LogP contribution < -0.4 is 0 Å². The van der Waals surface area contributed by atoms with Gasteiger partial charge in [-0.25, -0.2) is 8.78 Å². The largest absolute Gasteiger partial charge is 0.357 e. The van der Waals surface area contributed by atoms with E-state index in [2.05, 4.69) is 4.98 Å². The lowest BCUT2D eigenvalue weighted by Gasteiger charge is -2.02. The van der Waals surface area contributed by atoms with Crippen LogP contribution in [0.3, 0.4) is 0 Å². The molecule has 0 aliphatic rings. The van der Waals surface area contributed by atoms with Gasteiger partial charge in [-0.1, -0.05) is 30.3 Å². The van der Waals surface area contributed by atoms with Crippen LogP contribution in [0.25, 0.3) is 11.3 Å². The minimum atomic E-state index is -0.536. The van der Waals surface area contributed by atoms with Crippen molar-refractivity contribution in [3.05, 3.63) is 83.1 Å². The van der Waals surface area contributed by atoms with Crippen LogP contribution >= 0.6 is 0 Å². The van der Waals surface area contributed by atoms with E-state index in [0.717, 1.165) is 30.0 Å². The van der Waals surface area contributed by atoms with Gasteiger partial charge in [-0.2, -0.15) is 0 Å². The van der Waals surface area contributed by atoms with Gasteiger partial charge in [0.2, 0.25) is 0 Å². The van der Waals surface area contributed by atoms with E-state index in [1.807, 2.05) is 30.3 Å². The van der Waals surface area contributed by atoms with Crippen molar-refractivity contribution >= 4 is 6.29 Å². The minimum absolute atomic E-state index is 0.113. The van der Waals surface area contributed by atoms with Crippen molar-refractivity contribution in [1.82, 2.24) is 4.98 Å². The van der Waals surface area contributed by atoms with Crippen LogP contribution in [0.2, 0.25) is 0 Å². The highest BCUT2D eigenvalue weighted by Gasteiger charge is 2.13. The van der Waals surface area contributed by atoms with E-state index in [0.29, 0.717) is 23.4 Å². The van der Waals surface area contributed by atoms with Gasteiger partial charge in [-0.3, -0.25) is 4.79 Å². The molecule has 3 rings (SSSR count). The first-order valence-corrected chi connectivity index (χ1v) is 6.84. The number of rotatable bonds is 4. The van der Waals surface area contributed by atoms with E-state index >= 15 is 0 Å². The molecular formula is C18H13F2NO. The number of aromatic amines is 1. The Morgan fingerprint density at radius 3 is 2.50 bits per heavy atom. The lowest BCUT2D eigenvalue weighted by atomic mass is 10.1. The highest BCUT2D eigenvalue weighted by atomic mass is 19.1. The van der Waals surface area contributed by atoms with Gasteiger partial charge in [-0.05, 0) is 29.8 Å². The first kappa shape index (κ1) is 14.2. The Hall–Kier alpha value is -2.75. The predicted octanol–water partition coefficient (Wildman–Crippen LogP) is 4.36. The van der Waals surface area contributed by atoms with E-state index < -0.39 is 11.6 Å². The number of hydrogen-bond donors (Lipinski definition) is 1. The molecule has 2 nitrogen and oxygen atoms in total. The van der Waals surface area contributed by atoms with Crippen molar-refractivity contribution in [3.8, 4) is 11.3 Å². The molecule has 22 heavy (non-hydrogen) atoms. The Labute approximate surface area is 126 Å². The zero-order chi connectivity index (χ0) is 15.5. The fraction of sp³-hybridized carbons (Fsp3) is 0.0556. The third-order valence-electron chi connectivity index (χ3n) is 3.50. The summed E-state index contributed by atoms with van der Waals surface area (Å²) in [7, 11) is 0. The molecule has 1 N–H and O–H groups in total. The van der Waals surface area contributed by atoms with E-state index in [-0.39, 0.29) is 5.56 Å². The second kappa shape index (κ2) is 5.93. The van der Waals surface area contributed by atoms with Crippen LogP contribution in [0.15, 0.2) is 54.6 Å². The molecule has 0 saturated carbocycles. The van der Waals surface area contributed by atoms with Gasteiger partial charge in [0.05, 0.1) is 0 Å². The molecule has 0 amide bonds. The normalized spacial score (nSPS) is 10.6. The number of benzene rings is 2. The van der Waals surface area contributed by atoms with Crippen molar-refractivity contribution in [1.29, 1.82) is 0 Å². The average Bonchev–Trinajstić information content (AvgIpc) is 2.93. The van der Waals surface area contributed by atoms with Crippen molar-refractivity contribution in [2.24, 2.45) is 0 Å². The summed E-state index contributed by atoms with van der Waals surface area (Å²) in [6.45, 7) is 0. The first-order chi connectivity index (χ1) is 10.7. The molecule has 0 aliphatic heterocycles. The summed E-state index contributed by atoms with van der Waals surface area (Å²) < 4.78 is 27.2. The van der Waals surface area contributed by atoms with Crippen LogP contribution in [-0.2, 0) is 6.42 Å². The molecule has 0 atom stereocenters. The van der Waals surface area contributed by atoms with Gasteiger partial charge < -0.3 is 4.98 Å². The van der Waals surface area contributed by atoms with Gasteiger partial charge >= 0.3 is 0 Å². The molecule has 0 radical (unpaired) electrons. The van der Waals surface area contributed by atoms with Gasteiger partial charge in [0.25, 0.3) is 0 Å².